The largest absolute Gasteiger partial charge is 0.396 e. The van der Waals surface area contributed by atoms with Gasteiger partial charge in [-0.25, -0.2) is 4.39 Å². The smallest absolute Gasteiger partial charge is 0.146 e. The van der Waals surface area contributed by atoms with Crippen molar-refractivity contribution in [2.75, 3.05) is 24.6 Å². The van der Waals surface area contributed by atoms with Crippen LogP contribution < -0.4 is 10.2 Å². The number of hydrogen-bond acceptors (Lipinski definition) is 3. The monoisotopic (exact) mass is 266 g/mol. The Hall–Kier alpha value is -1.13. The second-order valence-corrected chi connectivity index (χ2v) is 5.10. The summed E-state index contributed by atoms with van der Waals surface area (Å²) < 4.78 is 14.1. The average Bonchev–Trinajstić information content (AvgIpc) is 3.23. The first-order chi connectivity index (χ1) is 9.24. The van der Waals surface area contributed by atoms with E-state index in [1.54, 1.807) is 6.07 Å². The van der Waals surface area contributed by atoms with Crippen LogP contribution in [0.4, 0.5) is 10.1 Å². The molecule has 0 unspecified atom stereocenters. The van der Waals surface area contributed by atoms with Gasteiger partial charge in [-0.3, -0.25) is 0 Å². The zero-order chi connectivity index (χ0) is 13.7. The summed E-state index contributed by atoms with van der Waals surface area (Å²) in [6.07, 6.45) is 3.15. The molecule has 2 rings (SSSR count). The fourth-order valence-corrected chi connectivity index (χ4v) is 2.18. The van der Waals surface area contributed by atoms with Crippen molar-refractivity contribution in [3.05, 3.63) is 29.6 Å². The molecule has 1 aromatic carbocycles. The zero-order valence-electron chi connectivity index (χ0n) is 11.5. The molecule has 3 nitrogen and oxygen atoms in total. The molecule has 0 atom stereocenters. The number of anilines is 1. The van der Waals surface area contributed by atoms with E-state index < -0.39 is 0 Å². The highest BCUT2D eigenvalue weighted by atomic mass is 19.1. The second-order valence-electron chi connectivity index (χ2n) is 5.10. The molecule has 1 fully saturated rings. The molecule has 1 saturated carbocycles. The third-order valence-electron chi connectivity index (χ3n) is 3.49. The Morgan fingerprint density at radius 1 is 1.42 bits per heavy atom. The van der Waals surface area contributed by atoms with Crippen molar-refractivity contribution >= 4 is 5.69 Å². The maximum Gasteiger partial charge on any atom is 0.146 e. The minimum Gasteiger partial charge on any atom is -0.396 e. The number of aliphatic hydroxyl groups excluding tert-OH is 1. The van der Waals surface area contributed by atoms with Gasteiger partial charge in [0.05, 0.1) is 5.69 Å². The van der Waals surface area contributed by atoms with Crippen LogP contribution in [-0.2, 0) is 6.54 Å². The molecule has 4 heteroatoms. The molecule has 0 bridgehead atoms. The van der Waals surface area contributed by atoms with Crippen LogP contribution in [0.3, 0.4) is 0 Å². The number of hydrogen-bond donors (Lipinski definition) is 2. The molecule has 106 valence electrons. The SMILES string of the molecule is CCN(CCCO)c1ccc(CNC2CC2)cc1F. The van der Waals surface area contributed by atoms with Crippen molar-refractivity contribution in [2.45, 2.75) is 38.8 Å². The summed E-state index contributed by atoms with van der Waals surface area (Å²) in [5, 5.41) is 12.3. The Morgan fingerprint density at radius 3 is 2.79 bits per heavy atom. The molecule has 0 aromatic heterocycles. The average molecular weight is 266 g/mol. The molecule has 0 heterocycles. The van der Waals surface area contributed by atoms with Gasteiger partial charge in [0.1, 0.15) is 5.82 Å². The Labute approximate surface area is 114 Å². The van der Waals surface area contributed by atoms with Crippen molar-refractivity contribution in [1.29, 1.82) is 0 Å². The maximum atomic E-state index is 14.1. The van der Waals surface area contributed by atoms with Gasteiger partial charge in [0, 0.05) is 32.3 Å². The van der Waals surface area contributed by atoms with E-state index in [1.165, 1.54) is 12.8 Å². The number of nitrogens with one attached hydrogen (secondary N) is 1. The summed E-state index contributed by atoms with van der Waals surface area (Å²) in [5.74, 6) is -0.171. The number of rotatable bonds is 8. The molecule has 1 aromatic rings. The van der Waals surface area contributed by atoms with E-state index in [-0.39, 0.29) is 12.4 Å². The van der Waals surface area contributed by atoms with Crippen LogP contribution in [0.15, 0.2) is 18.2 Å². The van der Waals surface area contributed by atoms with Gasteiger partial charge < -0.3 is 15.3 Å². The van der Waals surface area contributed by atoms with E-state index in [0.29, 0.717) is 24.7 Å². The summed E-state index contributed by atoms with van der Waals surface area (Å²) in [5.41, 5.74) is 1.62. The van der Waals surface area contributed by atoms with Gasteiger partial charge in [-0.05, 0) is 43.9 Å². The van der Waals surface area contributed by atoms with E-state index in [2.05, 4.69) is 5.32 Å². The van der Waals surface area contributed by atoms with Crippen LogP contribution in [0.5, 0.6) is 0 Å². The van der Waals surface area contributed by atoms with E-state index in [0.717, 1.165) is 18.7 Å². The van der Waals surface area contributed by atoms with Crippen LogP contribution >= 0.6 is 0 Å². The molecule has 1 aliphatic rings. The third-order valence-corrected chi connectivity index (χ3v) is 3.49. The number of benzene rings is 1. The second kappa shape index (κ2) is 6.87. The van der Waals surface area contributed by atoms with Crippen LogP contribution in [0.25, 0.3) is 0 Å². The summed E-state index contributed by atoms with van der Waals surface area (Å²) in [6, 6.07) is 6.08. The molecular formula is C15H23FN2O. The molecule has 0 amide bonds. The zero-order valence-corrected chi connectivity index (χ0v) is 11.5. The highest BCUT2D eigenvalue weighted by molar-refractivity contribution is 5.49. The minimum atomic E-state index is -0.171. The molecular weight excluding hydrogens is 243 g/mol. The number of aliphatic hydroxyl groups is 1. The molecule has 19 heavy (non-hydrogen) atoms. The lowest BCUT2D eigenvalue weighted by Crippen LogP contribution is -2.25. The lowest BCUT2D eigenvalue weighted by Gasteiger charge is -2.23. The molecule has 0 aliphatic heterocycles. The Balaban J connectivity index is 1.99. The van der Waals surface area contributed by atoms with Gasteiger partial charge in [-0.1, -0.05) is 6.07 Å². The van der Waals surface area contributed by atoms with Crippen molar-refractivity contribution in [3.8, 4) is 0 Å². The third kappa shape index (κ3) is 4.18. The van der Waals surface area contributed by atoms with Crippen LogP contribution in [0.2, 0.25) is 0 Å². The van der Waals surface area contributed by atoms with Gasteiger partial charge in [0.2, 0.25) is 0 Å². The highest BCUT2D eigenvalue weighted by Gasteiger charge is 2.20. The molecule has 2 N–H and O–H groups in total. The number of nitrogens with zero attached hydrogens (tertiary/aromatic N) is 1. The van der Waals surface area contributed by atoms with Crippen molar-refractivity contribution < 1.29 is 9.50 Å². The Morgan fingerprint density at radius 2 is 2.21 bits per heavy atom. The normalized spacial score (nSPS) is 14.7. The predicted molar refractivity (Wildman–Crippen MR) is 75.9 cm³/mol. The quantitative estimate of drug-likeness (QED) is 0.758. The van der Waals surface area contributed by atoms with Gasteiger partial charge in [0.15, 0.2) is 0 Å². The Kier molecular flexibility index (Phi) is 5.16. The van der Waals surface area contributed by atoms with E-state index in [9.17, 15) is 4.39 Å². The van der Waals surface area contributed by atoms with E-state index >= 15 is 0 Å². The first-order valence-corrected chi connectivity index (χ1v) is 7.12. The lowest BCUT2D eigenvalue weighted by atomic mass is 10.1. The fourth-order valence-electron chi connectivity index (χ4n) is 2.18. The van der Waals surface area contributed by atoms with Gasteiger partial charge in [-0.15, -0.1) is 0 Å². The van der Waals surface area contributed by atoms with E-state index in [1.807, 2.05) is 24.0 Å². The van der Waals surface area contributed by atoms with Crippen molar-refractivity contribution in [2.24, 2.45) is 0 Å². The number of halogens is 1. The predicted octanol–water partition coefficient (Wildman–Crippen LogP) is 2.29. The maximum absolute atomic E-state index is 14.1. The topological polar surface area (TPSA) is 35.5 Å². The first kappa shape index (κ1) is 14.3. The molecule has 0 spiro atoms. The van der Waals surface area contributed by atoms with Crippen molar-refractivity contribution in [1.82, 2.24) is 5.32 Å². The van der Waals surface area contributed by atoms with Gasteiger partial charge in [0.25, 0.3) is 0 Å². The fraction of sp³-hybridized carbons (Fsp3) is 0.600. The van der Waals surface area contributed by atoms with Gasteiger partial charge in [-0.2, -0.15) is 0 Å². The van der Waals surface area contributed by atoms with Crippen LogP contribution in [0, 0.1) is 5.82 Å². The summed E-state index contributed by atoms with van der Waals surface area (Å²) in [7, 11) is 0. The lowest BCUT2D eigenvalue weighted by molar-refractivity contribution is 0.289. The molecule has 0 saturated heterocycles. The Bertz CT molecular complexity index is 407. The van der Waals surface area contributed by atoms with Crippen molar-refractivity contribution in [3.63, 3.8) is 0 Å². The summed E-state index contributed by atoms with van der Waals surface area (Å²) in [4.78, 5) is 1.96. The summed E-state index contributed by atoms with van der Waals surface area (Å²) >= 11 is 0. The molecule has 0 radical (unpaired) electrons. The molecule has 1 aliphatic carbocycles. The first-order valence-electron chi connectivity index (χ1n) is 7.12. The van der Waals surface area contributed by atoms with Gasteiger partial charge >= 0.3 is 0 Å². The standard InChI is InChI=1S/C15H23FN2O/c1-2-18(8-3-9-19)15-7-4-12(10-14(15)16)11-17-13-5-6-13/h4,7,10,13,17,19H,2-3,5-6,8-9,11H2,1H3. The van der Waals surface area contributed by atoms with Crippen LogP contribution in [-0.4, -0.2) is 30.8 Å². The van der Waals surface area contributed by atoms with Crippen LogP contribution in [0.1, 0.15) is 31.7 Å². The minimum absolute atomic E-state index is 0.140. The van der Waals surface area contributed by atoms with E-state index in [4.69, 9.17) is 5.11 Å². The summed E-state index contributed by atoms with van der Waals surface area (Å²) in [6.45, 7) is 4.31. The highest BCUT2D eigenvalue weighted by Crippen LogP contribution is 2.22.